The molecule has 0 saturated carbocycles. The predicted octanol–water partition coefficient (Wildman–Crippen LogP) is -0.681. The lowest BCUT2D eigenvalue weighted by Crippen LogP contribution is -2.54. The van der Waals surface area contributed by atoms with Gasteiger partial charge in [-0.25, -0.2) is 0 Å². The van der Waals surface area contributed by atoms with Crippen LogP contribution in [0, 0.1) is 0 Å². The number of esters is 9. The Morgan fingerprint density at radius 3 is 0.944 bits per heavy atom. The van der Waals surface area contributed by atoms with E-state index in [1.165, 1.54) is 4.90 Å². The van der Waals surface area contributed by atoms with E-state index < -0.39 is 180 Å². The fraction of sp³-hybridized carbons (Fsp3) is 0.588. The largest absolute Gasteiger partial charge is 0.489 e. The Morgan fingerprint density at radius 2 is 0.645 bits per heavy atom. The van der Waals surface area contributed by atoms with Crippen LogP contribution in [-0.2, 0) is 170 Å². The molecule has 0 bridgehead atoms. The molecule has 2 rings (SSSR count). The van der Waals surface area contributed by atoms with E-state index in [1.807, 2.05) is 30.3 Å². The summed E-state index contributed by atoms with van der Waals surface area (Å²) in [5, 5.41) is 48.5. The van der Waals surface area contributed by atoms with E-state index >= 15 is 0 Å². The maximum atomic E-state index is 14.6. The summed E-state index contributed by atoms with van der Waals surface area (Å²) in [6.45, 7) is 9.01. The Kier molecular flexibility index (Phi) is 56.2. The number of carbonyl (C=O) groups is 15. The van der Waals surface area contributed by atoms with E-state index in [0.717, 1.165) is 88.6 Å². The van der Waals surface area contributed by atoms with Crippen LogP contribution < -0.4 is 36.6 Å². The van der Waals surface area contributed by atoms with Crippen molar-refractivity contribution in [2.45, 2.75) is 159 Å². The van der Waals surface area contributed by atoms with Crippen molar-refractivity contribution in [2.24, 2.45) is 0 Å². The first-order valence-corrected chi connectivity index (χ1v) is 39.1. The number of aliphatic hydroxyl groups excluding tert-OH is 3. The Morgan fingerprint density at radius 1 is 0.339 bits per heavy atom. The average Bonchev–Trinajstić information content (AvgIpc) is 0.851. The van der Waals surface area contributed by atoms with Crippen LogP contribution in [0.15, 0.2) is 89.0 Å². The molecule has 0 aromatic heterocycles. The number of hydrogen-bond donors (Lipinski definition) is 9. The van der Waals surface area contributed by atoms with Gasteiger partial charge in [-0.1, -0.05) is 42.5 Å². The summed E-state index contributed by atoms with van der Waals surface area (Å²) in [6, 6.07) is 15.0. The molecule has 0 radical (unpaired) electrons. The minimum atomic E-state index is -1.99. The molecule has 124 heavy (non-hydrogen) atoms. The zero-order chi connectivity index (χ0) is 92.3. The van der Waals surface area contributed by atoms with Crippen LogP contribution in [0.2, 0.25) is 0 Å². The van der Waals surface area contributed by atoms with Gasteiger partial charge in [-0.05, 0) is 29.7 Å². The molecule has 0 aliphatic heterocycles. The topological polar surface area (TPSA) is 568 Å². The van der Waals surface area contributed by atoms with Gasteiger partial charge in [0.15, 0.2) is 54.5 Å². The van der Waals surface area contributed by atoms with Gasteiger partial charge in [0.2, 0.25) is 35.4 Å². The predicted molar refractivity (Wildman–Crippen MR) is 424 cm³/mol. The SMILES string of the molecule is CC(=O)N/C(=C(\OC(C)=O)C(CCOC(C)=O)OC(C)=O)C(O)OCCOCCOCCNC(=O)CN(CC(=O)NCCOCCOCCOC(O)/C(NC(C)=O)=C(/OC(C)=O)C(CCOC(C)=O)OC(C)=O)C(Cc1ccc(OCc2ccccc2)cc1)C(=O)NCCOCCOCCOC(O)/C(NC(C)=O)=C(/OC(C)=O)C(CCOC(C)=O)OC(C)=O. The second-order valence-electron chi connectivity index (χ2n) is 26.2. The summed E-state index contributed by atoms with van der Waals surface area (Å²) in [5.41, 5.74) is 0.0305. The molecule has 0 fully saturated rings. The molecule has 6 amide bonds. The van der Waals surface area contributed by atoms with Gasteiger partial charge in [-0.3, -0.25) is 76.8 Å². The number of amides is 6. The average molecular weight is 1770 g/mol. The molecule has 0 spiro atoms. The summed E-state index contributed by atoms with van der Waals surface area (Å²) in [7, 11) is 0. The third kappa shape index (κ3) is 51.8. The molecule has 0 saturated heterocycles. The fourth-order valence-electron chi connectivity index (χ4n) is 10.5. The monoisotopic (exact) mass is 1770 g/mol. The van der Waals surface area contributed by atoms with Crippen LogP contribution in [0.3, 0.4) is 0 Å². The highest BCUT2D eigenvalue weighted by Crippen LogP contribution is 2.25. The molecule has 44 heteroatoms. The Labute approximate surface area is 716 Å². The highest BCUT2D eigenvalue weighted by Gasteiger charge is 2.35. The van der Waals surface area contributed by atoms with Gasteiger partial charge in [-0.2, -0.15) is 0 Å². The minimum Gasteiger partial charge on any atom is -0.489 e. The van der Waals surface area contributed by atoms with Gasteiger partial charge in [-0.15, -0.1) is 0 Å². The van der Waals surface area contributed by atoms with Crippen molar-refractivity contribution < 1.29 is 177 Å². The maximum absolute atomic E-state index is 14.6. The zero-order valence-corrected chi connectivity index (χ0v) is 71.7. The van der Waals surface area contributed by atoms with E-state index in [0.29, 0.717) is 11.3 Å². The number of ether oxygens (including phenoxy) is 19. The summed E-state index contributed by atoms with van der Waals surface area (Å²) in [4.78, 5) is 188. The van der Waals surface area contributed by atoms with E-state index in [9.17, 15) is 87.2 Å². The van der Waals surface area contributed by atoms with Crippen molar-refractivity contribution in [1.29, 1.82) is 0 Å². The lowest BCUT2D eigenvalue weighted by molar-refractivity contribution is -0.154. The van der Waals surface area contributed by atoms with Crippen molar-refractivity contribution in [1.82, 2.24) is 36.8 Å². The first-order chi connectivity index (χ1) is 59.0. The van der Waals surface area contributed by atoms with Gasteiger partial charge in [0.25, 0.3) is 0 Å². The molecule has 9 N–H and O–H groups in total. The van der Waals surface area contributed by atoms with E-state index in [-0.39, 0.29) is 171 Å². The molecule has 44 nitrogen and oxygen atoms in total. The number of hydrogen-bond acceptors (Lipinski definition) is 38. The van der Waals surface area contributed by atoms with Gasteiger partial charge in [0.1, 0.15) is 29.4 Å². The van der Waals surface area contributed by atoms with E-state index in [1.54, 1.807) is 24.3 Å². The maximum Gasteiger partial charge on any atom is 0.307 e. The molecule has 0 aliphatic rings. The van der Waals surface area contributed by atoms with Crippen molar-refractivity contribution >= 4 is 89.2 Å². The Bertz CT molecular complexity index is 3670. The van der Waals surface area contributed by atoms with Crippen molar-refractivity contribution in [2.75, 3.05) is 152 Å². The second-order valence-corrected chi connectivity index (χ2v) is 26.2. The Balaban J connectivity index is 2.34. The van der Waals surface area contributed by atoms with Crippen molar-refractivity contribution in [3.63, 3.8) is 0 Å². The summed E-state index contributed by atoms with van der Waals surface area (Å²) < 4.78 is 103. The van der Waals surface area contributed by atoms with Gasteiger partial charge in [0.05, 0.1) is 138 Å². The lowest BCUT2D eigenvalue weighted by Gasteiger charge is -2.30. The first-order valence-electron chi connectivity index (χ1n) is 39.1. The highest BCUT2D eigenvalue weighted by molar-refractivity contribution is 5.86. The minimum absolute atomic E-state index is 0.0271. The van der Waals surface area contributed by atoms with Gasteiger partial charge in [0, 0.05) is 122 Å². The smallest absolute Gasteiger partial charge is 0.307 e. The molecule has 7 unspecified atom stereocenters. The van der Waals surface area contributed by atoms with Crippen LogP contribution >= 0.6 is 0 Å². The second kappa shape index (κ2) is 63.9. The van der Waals surface area contributed by atoms with E-state index in [4.69, 9.17) is 90.0 Å². The fourth-order valence-corrected chi connectivity index (χ4v) is 10.5. The molecule has 2 aromatic rings. The van der Waals surface area contributed by atoms with Crippen LogP contribution in [0.4, 0.5) is 0 Å². The molecular weight excluding hydrogens is 1650 g/mol. The summed E-state index contributed by atoms with van der Waals surface area (Å²) in [5.74, 6) is -12.4. The number of benzene rings is 2. The molecule has 0 heterocycles. The quantitative estimate of drug-likeness (QED) is 0.0130. The highest BCUT2D eigenvalue weighted by atomic mass is 16.7. The van der Waals surface area contributed by atoms with Gasteiger partial charge >= 0.3 is 53.7 Å². The molecule has 7 atom stereocenters. The van der Waals surface area contributed by atoms with Crippen LogP contribution in [-0.4, -0.2) is 304 Å². The summed E-state index contributed by atoms with van der Waals surface area (Å²) in [6.07, 6.45) is -11.1. The number of rotatable bonds is 65. The number of aliphatic hydroxyl groups is 3. The van der Waals surface area contributed by atoms with Crippen LogP contribution in [0.25, 0.3) is 0 Å². The standard InChI is InChI=1S/C80H117N7O37/c1-50(88)84-71(74(122-59(10)97)66(119-56(7)94)22-28-112-53(4)91)78(103)115-43-40-109-37-34-106-31-25-81-69(100)47-87(48-70(101)82-26-32-107-35-38-110-41-44-116-79(104)72(85-51(2)89)75(123-60(11)98)67(120-57(8)95)23-29-113-54(5)92)65(46-62-18-20-64(21-19-62)118-49-63-16-14-13-15-17-63)77(102)83-27-33-108-36-39-111-42-45-117-80(105)73(86-52(3)90)76(124-61(12)99)68(121-58(9)96)24-30-114-55(6)93/h13-21,65-68,78-80,103-105H,22-49H2,1-12H3,(H,81,100)(H,82,101)(H,83,102)(H,84,88)(H,85,89)(H,86,90)/b74-71-,75-72-,76-73-. The van der Waals surface area contributed by atoms with Crippen LogP contribution in [0.1, 0.15) is 113 Å². The number of nitrogens with one attached hydrogen (secondary N) is 6. The third-order valence-corrected chi connectivity index (χ3v) is 15.4. The normalized spacial score (nSPS) is 13.4. The zero-order valence-electron chi connectivity index (χ0n) is 71.7. The molecule has 0 aliphatic carbocycles. The number of nitrogens with zero attached hydrogens (tertiary/aromatic N) is 1. The molecule has 694 valence electrons. The summed E-state index contributed by atoms with van der Waals surface area (Å²) >= 11 is 0. The van der Waals surface area contributed by atoms with Crippen molar-refractivity contribution in [3.8, 4) is 5.75 Å². The lowest BCUT2D eigenvalue weighted by atomic mass is 10.0. The van der Waals surface area contributed by atoms with Crippen molar-refractivity contribution in [3.05, 3.63) is 100 Å². The van der Waals surface area contributed by atoms with Gasteiger partial charge < -0.3 is 137 Å². The Hall–Kier alpha value is -11.0. The third-order valence-electron chi connectivity index (χ3n) is 15.4. The molecular formula is C80H117N7O37. The number of carbonyl (C=O) groups excluding carboxylic acids is 15. The first kappa shape index (κ1) is 109. The molecule has 2 aromatic carbocycles. The van der Waals surface area contributed by atoms with E-state index in [2.05, 4.69) is 31.9 Å². The van der Waals surface area contributed by atoms with Crippen LogP contribution in [0.5, 0.6) is 5.75 Å².